The number of rotatable bonds is 21. The summed E-state index contributed by atoms with van der Waals surface area (Å²) in [5.41, 5.74) is 1.11. The Hall–Kier alpha value is -1.59. The summed E-state index contributed by atoms with van der Waals surface area (Å²) in [5.74, 6) is 0. The second kappa shape index (κ2) is 21.5. The molecule has 0 aliphatic carbocycles. The summed E-state index contributed by atoms with van der Waals surface area (Å²) in [5, 5.41) is 0. The number of benzene rings is 1. The van der Waals surface area contributed by atoms with Gasteiger partial charge >= 0.3 is 6.09 Å². The van der Waals surface area contributed by atoms with Gasteiger partial charge in [0.15, 0.2) is 0 Å². The van der Waals surface area contributed by atoms with Gasteiger partial charge in [0, 0.05) is 13.2 Å². The highest BCUT2D eigenvalue weighted by Gasteiger charge is 2.22. The lowest BCUT2D eigenvalue weighted by Crippen LogP contribution is -2.39. The summed E-state index contributed by atoms with van der Waals surface area (Å²) in [6, 6.07) is 10.1. The fraction of sp³-hybridized carbons (Fsp3) is 0.774. The minimum absolute atomic E-state index is 0.135. The van der Waals surface area contributed by atoms with Crippen LogP contribution in [0.4, 0.5) is 4.79 Å². The minimum atomic E-state index is -0.274. The molecule has 1 aromatic rings. The molecule has 0 radical (unpaired) electrons. The van der Waals surface area contributed by atoms with Crippen LogP contribution in [0.15, 0.2) is 30.3 Å². The molecule has 1 saturated heterocycles. The third-order valence-electron chi connectivity index (χ3n) is 7.03. The molecular formula is C31H53NO4. The lowest BCUT2D eigenvalue weighted by molar-refractivity contribution is -0.0430. The molecule has 1 aliphatic rings. The van der Waals surface area contributed by atoms with E-state index in [1.54, 1.807) is 4.90 Å². The van der Waals surface area contributed by atoms with Crippen molar-refractivity contribution in [3.63, 3.8) is 0 Å². The summed E-state index contributed by atoms with van der Waals surface area (Å²) in [4.78, 5) is 14.5. The lowest BCUT2D eigenvalue weighted by Gasteiger charge is -2.27. The van der Waals surface area contributed by atoms with Crippen molar-refractivity contribution >= 4 is 6.09 Å². The molecule has 1 amide bonds. The van der Waals surface area contributed by atoms with Gasteiger partial charge in [-0.1, -0.05) is 127 Å². The van der Waals surface area contributed by atoms with Gasteiger partial charge in [-0.05, 0) is 24.8 Å². The number of carbonyl (C=O) groups is 1. The van der Waals surface area contributed by atoms with E-state index in [-0.39, 0.29) is 18.9 Å². The van der Waals surface area contributed by atoms with E-state index in [4.69, 9.17) is 14.2 Å². The van der Waals surface area contributed by atoms with Crippen LogP contribution in [-0.4, -0.2) is 43.6 Å². The molecule has 1 aromatic carbocycles. The van der Waals surface area contributed by atoms with Gasteiger partial charge in [-0.25, -0.2) is 4.79 Å². The zero-order valence-electron chi connectivity index (χ0n) is 23.1. The van der Waals surface area contributed by atoms with Gasteiger partial charge in [0.25, 0.3) is 0 Å². The van der Waals surface area contributed by atoms with Crippen LogP contribution in [0.1, 0.15) is 122 Å². The maximum atomic E-state index is 12.8. The molecule has 0 saturated carbocycles. The molecule has 206 valence electrons. The summed E-state index contributed by atoms with van der Waals surface area (Å²) >= 11 is 0. The first-order chi connectivity index (χ1) is 17.8. The van der Waals surface area contributed by atoms with E-state index < -0.39 is 0 Å². The van der Waals surface area contributed by atoms with Crippen LogP contribution in [0.5, 0.6) is 0 Å². The fourth-order valence-electron chi connectivity index (χ4n) is 4.75. The molecule has 1 aliphatic heterocycles. The van der Waals surface area contributed by atoms with Gasteiger partial charge in [0.2, 0.25) is 0 Å². The highest BCUT2D eigenvalue weighted by molar-refractivity contribution is 5.67. The molecule has 1 fully saturated rings. The largest absolute Gasteiger partial charge is 0.444 e. The molecule has 0 aromatic heterocycles. The SMILES string of the molecule is CCCCCCCCCCCCCCCCCN(COCc1ccccc1)C(=O)OC1CCCOC1. The molecule has 0 N–H and O–H groups in total. The standard InChI is InChI=1S/C31H53NO4/c1-2-3-4-5-6-7-8-9-10-11-12-13-14-15-19-24-32(28-35-26-29-21-17-16-18-22-29)31(33)36-30-23-20-25-34-27-30/h16-18,21-22,30H,2-15,19-20,23-28H2,1H3. The third-order valence-corrected chi connectivity index (χ3v) is 7.03. The zero-order chi connectivity index (χ0) is 25.5. The number of ether oxygens (including phenoxy) is 3. The van der Waals surface area contributed by atoms with Crippen molar-refractivity contribution in [3.8, 4) is 0 Å². The molecule has 5 heteroatoms. The Kier molecular flexibility index (Phi) is 18.3. The van der Waals surface area contributed by atoms with E-state index in [2.05, 4.69) is 6.92 Å². The van der Waals surface area contributed by atoms with Crippen LogP contribution >= 0.6 is 0 Å². The van der Waals surface area contributed by atoms with E-state index >= 15 is 0 Å². The Labute approximate surface area is 221 Å². The van der Waals surface area contributed by atoms with Crippen molar-refractivity contribution < 1.29 is 19.0 Å². The minimum Gasteiger partial charge on any atom is -0.444 e. The van der Waals surface area contributed by atoms with Crippen molar-refractivity contribution in [2.45, 2.75) is 129 Å². The van der Waals surface area contributed by atoms with E-state index in [0.29, 0.717) is 19.8 Å². The van der Waals surface area contributed by atoms with Crippen LogP contribution in [-0.2, 0) is 20.8 Å². The topological polar surface area (TPSA) is 48.0 Å². The number of unbranched alkanes of at least 4 members (excludes halogenated alkanes) is 14. The molecule has 2 rings (SSSR count). The normalized spacial score (nSPS) is 15.6. The first kappa shape index (κ1) is 30.6. The van der Waals surface area contributed by atoms with Crippen molar-refractivity contribution in [2.24, 2.45) is 0 Å². The monoisotopic (exact) mass is 503 g/mol. The molecule has 0 bridgehead atoms. The van der Waals surface area contributed by atoms with Gasteiger partial charge in [-0.2, -0.15) is 0 Å². The van der Waals surface area contributed by atoms with Gasteiger partial charge in [0.05, 0.1) is 13.2 Å². The Balaban J connectivity index is 1.53. The molecule has 1 unspecified atom stereocenters. The van der Waals surface area contributed by atoms with Crippen LogP contribution in [0.2, 0.25) is 0 Å². The van der Waals surface area contributed by atoms with E-state index in [1.807, 2.05) is 30.3 Å². The van der Waals surface area contributed by atoms with Gasteiger partial charge in [-0.3, -0.25) is 4.90 Å². The molecular weight excluding hydrogens is 450 g/mol. The maximum absolute atomic E-state index is 12.8. The number of hydrogen-bond donors (Lipinski definition) is 0. The van der Waals surface area contributed by atoms with Gasteiger partial charge in [-0.15, -0.1) is 0 Å². The van der Waals surface area contributed by atoms with Crippen molar-refractivity contribution in [1.29, 1.82) is 0 Å². The molecule has 0 spiro atoms. The van der Waals surface area contributed by atoms with Crippen molar-refractivity contribution in [3.05, 3.63) is 35.9 Å². The molecule has 5 nitrogen and oxygen atoms in total. The second-order valence-corrected chi connectivity index (χ2v) is 10.4. The smallest absolute Gasteiger partial charge is 0.411 e. The fourth-order valence-corrected chi connectivity index (χ4v) is 4.75. The van der Waals surface area contributed by atoms with Gasteiger partial charge < -0.3 is 14.2 Å². The van der Waals surface area contributed by atoms with E-state index in [1.165, 1.54) is 83.5 Å². The summed E-state index contributed by atoms with van der Waals surface area (Å²) in [7, 11) is 0. The lowest BCUT2D eigenvalue weighted by atomic mass is 10.0. The highest BCUT2D eigenvalue weighted by atomic mass is 16.6. The van der Waals surface area contributed by atoms with Crippen LogP contribution in [0.3, 0.4) is 0 Å². The molecule has 1 heterocycles. The Morgan fingerprint density at radius 3 is 2.00 bits per heavy atom. The van der Waals surface area contributed by atoms with Crippen LogP contribution in [0.25, 0.3) is 0 Å². The predicted octanol–water partition coefficient (Wildman–Crippen LogP) is 8.65. The zero-order valence-corrected chi connectivity index (χ0v) is 23.1. The number of hydrogen-bond acceptors (Lipinski definition) is 4. The van der Waals surface area contributed by atoms with E-state index in [9.17, 15) is 4.79 Å². The first-order valence-corrected chi connectivity index (χ1v) is 14.9. The Morgan fingerprint density at radius 2 is 1.44 bits per heavy atom. The average Bonchev–Trinajstić information content (AvgIpc) is 2.91. The van der Waals surface area contributed by atoms with Crippen molar-refractivity contribution in [1.82, 2.24) is 4.90 Å². The number of amides is 1. The average molecular weight is 504 g/mol. The number of carbonyl (C=O) groups excluding carboxylic acids is 1. The molecule has 36 heavy (non-hydrogen) atoms. The van der Waals surface area contributed by atoms with Gasteiger partial charge in [0.1, 0.15) is 12.8 Å². The first-order valence-electron chi connectivity index (χ1n) is 14.9. The Bertz CT molecular complexity index is 633. The van der Waals surface area contributed by atoms with Crippen molar-refractivity contribution in [2.75, 3.05) is 26.5 Å². The Morgan fingerprint density at radius 1 is 0.861 bits per heavy atom. The second-order valence-electron chi connectivity index (χ2n) is 10.4. The third kappa shape index (κ3) is 15.5. The van der Waals surface area contributed by atoms with E-state index in [0.717, 1.165) is 37.9 Å². The van der Waals surface area contributed by atoms with Crippen LogP contribution < -0.4 is 0 Å². The highest BCUT2D eigenvalue weighted by Crippen LogP contribution is 2.15. The van der Waals surface area contributed by atoms with Crippen LogP contribution in [0, 0.1) is 0 Å². The maximum Gasteiger partial charge on any atom is 0.411 e. The summed E-state index contributed by atoms with van der Waals surface area (Å²) in [6.07, 6.45) is 21.4. The quantitative estimate of drug-likeness (QED) is 0.124. The number of nitrogens with zero attached hydrogens (tertiary/aromatic N) is 1. The predicted molar refractivity (Wildman–Crippen MR) is 148 cm³/mol. The molecule has 1 atom stereocenters. The summed E-state index contributed by atoms with van der Waals surface area (Å²) < 4.78 is 17.0. The summed E-state index contributed by atoms with van der Waals surface area (Å²) in [6.45, 7) is 4.98.